The maximum atomic E-state index is 13.4. The quantitative estimate of drug-likeness (QED) is 0.782. The number of aryl methyl sites for hydroxylation is 2. The average Bonchev–Trinajstić information content (AvgIpc) is 2.89. The molecule has 0 bridgehead atoms. The number of rotatable bonds is 2. The van der Waals surface area contributed by atoms with Gasteiger partial charge in [0.25, 0.3) is 0 Å². The van der Waals surface area contributed by atoms with E-state index in [9.17, 15) is 4.39 Å². The molecule has 98 valence electrons. The minimum absolute atomic E-state index is 0.262. The van der Waals surface area contributed by atoms with Crippen LogP contribution in [-0.2, 0) is 6.54 Å². The standard InChI is InChI=1S/C13H13FN4S/c1-3-18-10-6-8(14)4-5-9(10)16-13(18)11-7(2)17-19-12(11)15/h4-6H,3,15H2,1-2H3. The summed E-state index contributed by atoms with van der Waals surface area (Å²) in [7, 11) is 0. The molecule has 0 spiro atoms. The summed E-state index contributed by atoms with van der Waals surface area (Å²) in [4.78, 5) is 4.57. The van der Waals surface area contributed by atoms with Gasteiger partial charge < -0.3 is 10.3 Å². The number of imidazole rings is 1. The molecule has 3 aromatic rings. The molecule has 0 saturated heterocycles. The average molecular weight is 276 g/mol. The summed E-state index contributed by atoms with van der Waals surface area (Å²) >= 11 is 1.26. The van der Waals surface area contributed by atoms with Crippen molar-refractivity contribution in [1.82, 2.24) is 13.9 Å². The summed E-state index contributed by atoms with van der Waals surface area (Å²) in [5, 5.41) is 0.642. The number of nitrogen functional groups attached to an aromatic ring is 1. The van der Waals surface area contributed by atoms with Gasteiger partial charge in [0.15, 0.2) is 0 Å². The van der Waals surface area contributed by atoms with Crippen molar-refractivity contribution >= 4 is 27.6 Å². The van der Waals surface area contributed by atoms with Gasteiger partial charge in [-0.3, -0.25) is 0 Å². The smallest absolute Gasteiger partial charge is 0.146 e. The van der Waals surface area contributed by atoms with Crippen LogP contribution in [0.1, 0.15) is 12.6 Å². The number of nitrogens with zero attached hydrogens (tertiary/aromatic N) is 3. The van der Waals surface area contributed by atoms with Gasteiger partial charge in [0.1, 0.15) is 16.6 Å². The Morgan fingerprint density at radius 2 is 2.21 bits per heavy atom. The van der Waals surface area contributed by atoms with Gasteiger partial charge in [-0.1, -0.05) is 0 Å². The van der Waals surface area contributed by atoms with Crippen LogP contribution in [0.4, 0.5) is 9.39 Å². The molecule has 2 aromatic heterocycles. The van der Waals surface area contributed by atoms with Crippen molar-refractivity contribution < 1.29 is 4.39 Å². The largest absolute Gasteiger partial charge is 0.389 e. The van der Waals surface area contributed by atoms with E-state index in [4.69, 9.17) is 5.73 Å². The number of hydrogen-bond donors (Lipinski definition) is 1. The number of halogens is 1. The molecular formula is C13H13FN4S. The molecule has 0 aliphatic rings. The van der Waals surface area contributed by atoms with Crippen molar-refractivity contribution in [2.75, 3.05) is 5.73 Å². The van der Waals surface area contributed by atoms with E-state index in [0.29, 0.717) is 11.5 Å². The second-order valence-corrected chi connectivity index (χ2v) is 5.12. The third kappa shape index (κ3) is 1.79. The topological polar surface area (TPSA) is 56.7 Å². The zero-order valence-corrected chi connectivity index (χ0v) is 11.5. The number of nitrogens with two attached hydrogens (primary N) is 1. The van der Waals surface area contributed by atoms with E-state index in [0.717, 1.165) is 28.1 Å². The molecule has 6 heteroatoms. The highest BCUT2D eigenvalue weighted by molar-refractivity contribution is 7.10. The Hall–Kier alpha value is -1.95. The third-order valence-corrected chi connectivity index (χ3v) is 3.91. The van der Waals surface area contributed by atoms with Crippen LogP contribution in [0.2, 0.25) is 0 Å². The fraction of sp³-hybridized carbons (Fsp3) is 0.231. The fourth-order valence-electron chi connectivity index (χ4n) is 2.27. The van der Waals surface area contributed by atoms with Crippen LogP contribution in [0.5, 0.6) is 0 Å². The van der Waals surface area contributed by atoms with Gasteiger partial charge >= 0.3 is 0 Å². The van der Waals surface area contributed by atoms with Crippen LogP contribution < -0.4 is 5.73 Å². The first-order chi connectivity index (χ1) is 9.11. The van der Waals surface area contributed by atoms with Crippen molar-refractivity contribution in [1.29, 1.82) is 0 Å². The lowest BCUT2D eigenvalue weighted by Gasteiger charge is -2.06. The van der Waals surface area contributed by atoms with E-state index >= 15 is 0 Å². The molecule has 2 N–H and O–H groups in total. The summed E-state index contributed by atoms with van der Waals surface area (Å²) in [6.07, 6.45) is 0. The van der Waals surface area contributed by atoms with Crippen LogP contribution in [-0.4, -0.2) is 13.9 Å². The van der Waals surface area contributed by atoms with E-state index in [1.165, 1.54) is 23.7 Å². The van der Waals surface area contributed by atoms with Gasteiger partial charge in [0.2, 0.25) is 0 Å². The molecule has 2 heterocycles. The monoisotopic (exact) mass is 276 g/mol. The Morgan fingerprint density at radius 3 is 2.84 bits per heavy atom. The van der Waals surface area contributed by atoms with E-state index in [-0.39, 0.29) is 5.82 Å². The maximum Gasteiger partial charge on any atom is 0.146 e. The van der Waals surface area contributed by atoms with E-state index < -0.39 is 0 Å². The summed E-state index contributed by atoms with van der Waals surface area (Å²) < 4.78 is 19.6. The molecule has 19 heavy (non-hydrogen) atoms. The van der Waals surface area contributed by atoms with Gasteiger partial charge in [-0.2, -0.15) is 4.37 Å². The molecule has 3 rings (SSSR count). The fourth-order valence-corrected chi connectivity index (χ4v) is 2.92. The number of benzene rings is 1. The molecule has 4 nitrogen and oxygen atoms in total. The van der Waals surface area contributed by atoms with Crippen LogP contribution in [0.25, 0.3) is 22.4 Å². The maximum absolute atomic E-state index is 13.4. The first kappa shape index (κ1) is 12.1. The second-order valence-electron chi connectivity index (χ2n) is 4.32. The number of fused-ring (bicyclic) bond motifs is 1. The molecule has 0 saturated carbocycles. The summed E-state index contributed by atoms with van der Waals surface area (Å²) in [5.74, 6) is 0.494. The molecule has 0 aliphatic carbocycles. The Bertz CT molecular complexity index is 740. The van der Waals surface area contributed by atoms with Crippen LogP contribution in [0.3, 0.4) is 0 Å². The second kappa shape index (κ2) is 4.31. The number of aromatic nitrogens is 3. The Balaban J connectivity index is 2.36. The molecule has 1 aromatic carbocycles. The van der Waals surface area contributed by atoms with Crippen LogP contribution >= 0.6 is 11.5 Å². The highest BCUT2D eigenvalue weighted by atomic mass is 32.1. The summed E-state index contributed by atoms with van der Waals surface area (Å²) in [5.41, 5.74) is 9.23. The van der Waals surface area contributed by atoms with Gasteiger partial charge in [0, 0.05) is 6.54 Å². The van der Waals surface area contributed by atoms with Gasteiger partial charge in [0.05, 0.1) is 22.3 Å². The lowest BCUT2D eigenvalue weighted by atomic mass is 10.2. The molecule has 0 unspecified atom stereocenters. The highest BCUT2D eigenvalue weighted by Gasteiger charge is 2.18. The highest BCUT2D eigenvalue weighted by Crippen LogP contribution is 2.33. The molecular weight excluding hydrogens is 263 g/mol. The zero-order valence-electron chi connectivity index (χ0n) is 10.6. The normalized spacial score (nSPS) is 11.3. The predicted molar refractivity (Wildman–Crippen MR) is 75.6 cm³/mol. The van der Waals surface area contributed by atoms with E-state index in [1.54, 1.807) is 6.07 Å². The Morgan fingerprint density at radius 1 is 1.42 bits per heavy atom. The first-order valence-corrected chi connectivity index (χ1v) is 6.77. The van der Waals surface area contributed by atoms with Gasteiger partial charge in [-0.05, 0) is 43.6 Å². The Kier molecular flexibility index (Phi) is 2.74. The van der Waals surface area contributed by atoms with E-state index in [1.807, 2.05) is 18.4 Å². The lowest BCUT2D eigenvalue weighted by molar-refractivity contribution is 0.628. The van der Waals surface area contributed by atoms with Crippen molar-refractivity contribution in [3.63, 3.8) is 0 Å². The molecule has 0 amide bonds. The molecule has 0 radical (unpaired) electrons. The SMILES string of the molecule is CCn1c(-c2c(C)nsc2N)nc2ccc(F)cc21. The minimum atomic E-state index is -0.262. The molecule has 0 fully saturated rings. The van der Waals surface area contributed by atoms with Crippen LogP contribution in [0, 0.1) is 12.7 Å². The first-order valence-electron chi connectivity index (χ1n) is 5.99. The zero-order chi connectivity index (χ0) is 13.6. The predicted octanol–water partition coefficient (Wildman–Crippen LogP) is 3.21. The minimum Gasteiger partial charge on any atom is -0.389 e. The Labute approximate surface area is 113 Å². The van der Waals surface area contributed by atoms with Crippen molar-refractivity contribution in [3.05, 3.63) is 29.7 Å². The number of hydrogen-bond acceptors (Lipinski definition) is 4. The summed E-state index contributed by atoms with van der Waals surface area (Å²) in [6.45, 7) is 4.60. The number of anilines is 1. The summed E-state index contributed by atoms with van der Waals surface area (Å²) in [6, 6.07) is 4.60. The third-order valence-electron chi connectivity index (χ3n) is 3.14. The van der Waals surface area contributed by atoms with Crippen molar-refractivity contribution in [2.24, 2.45) is 0 Å². The van der Waals surface area contributed by atoms with Gasteiger partial charge in [-0.25, -0.2) is 9.37 Å². The van der Waals surface area contributed by atoms with Gasteiger partial charge in [-0.15, -0.1) is 0 Å². The van der Waals surface area contributed by atoms with Crippen molar-refractivity contribution in [3.8, 4) is 11.4 Å². The molecule has 0 atom stereocenters. The van der Waals surface area contributed by atoms with Crippen molar-refractivity contribution in [2.45, 2.75) is 20.4 Å². The lowest BCUT2D eigenvalue weighted by Crippen LogP contribution is -1.99. The van der Waals surface area contributed by atoms with E-state index in [2.05, 4.69) is 9.36 Å². The molecule has 0 aliphatic heterocycles. The van der Waals surface area contributed by atoms with Crippen LogP contribution in [0.15, 0.2) is 18.2 Å².